The first-order valence-corrected chi connectivity index (χ1v) is 8.34. The molecule has 20 heavy (non-hydrogen) atoms. The lowest BCUT2D eigenvalue weighted by atomic mass is 10.0. The number of hydrogen-bond donors (Lipinski definition) is 1. The number of methoxy groups -OCH3 is 1. The van der Waals surface area contributed by atoms with Gasteiger partial charge < -0.3 is 15.0 Å². The van der Waals surface area contributed by atoms with E-state index in [9.17, 15) is 0 Å². The van der Waals surface area contributed by atoms with Gasteiger partial charge in [-0.15, -0.1) is 0 Å². The third-order valence-electron chi connectivity index (χ3n) is 4.23. The van der Waals surface area contributed by atoms with Crippen molar-refractivity contribution in [2.24, 2.45) is 0 Å². The summed E-state index contributed by atoms with van der Waals surface area (Å²) in [6.07, 6.45) is 3.80. The van der Waals surface area contributed by atoms with Gasteiger partial charge in [0.2, 0.25) is 0 Å². The zero-order valence-electron chi connectivity index (χ0n) is 12.1. The van der Waals surface area contributed by atoms with E-state index < -0.39 is 0 Å². The van der Waals surface area contributed by atoms with Gasteiger partial charge in [0, 0.05) is 55.5 Å². The van der Waals surface area contributed by atoms with E-state index in [4.69, 9.17) is 4.74 Å². The van der Waals surface area contributed by atoms with Gasteiger partial charge in [0.05, 0.1) is 0 Å². The Labute approximate surface area is 129 Å². The Hall–Kier alpha value is -0.580. The molecule has 1 aliphatic carbocycles. The van der Waals surface area contributed by atoms with Crippen LogP contribution in [0.2, 0.25) is 0 Å². The molecule has 0 aromatic heterocycles. The molecule has 0 bridgehead atoms. The summed E-state index contributed by atoms with van der Waals surface area (Å²) in [4.78, 5) is 2.51. The van der Waals surface area contributed by atoms with Gasteiger partial charge in [-0.25, -0.2) is 0 Å². The van der Waals surface area contributed by atoms with Crippen molar-refractivity contribution in [2.75, 3.05) is 38.3 Å². The maximum Gasteiger partial charge on any atom is 0.0479 e. The standard InChI is InChI=1S/C16H23BrN2O/c1-20-9-3-8-19-11-12(10-18-13-6-7-13)16-14(17)4-2-5-15(16)19/h2,4-5,12-13,18H,3,6-11H2,1H3. The highest BCUT2D eigenvalue weighted by Gasteiger charge is 2.31. The highest BCUT2D eigenvalue weighted by atomic mass is 79.9. The lowest BCUT2D eigenvalue weighted by Gasteiger charge is -2.19. The van der Waals surface area contributed by atoms with Gasteiger partial charge >= 0.3 is 0 Å². The molecule has 3 rings (SSSR count). The van der Waals surface area contributed by atoms with E-state index in [0.29, 0.717) is 5.92 Å². The van der Waals surface area contributed by atoms with Gasteiger partial charge in [0.1, 0.15) is 0 Å². The van der Waals surface area contributed by atoms with Crippen LogP contribution in [0, 0.1) is 0 Å². The minimum atomic E-state index is 0.601. The van der Waals surface area contributed by atoms with Crippen molar-refractivity contribution in [1.29, 1.82) is 0 Å². The summed E-state index contributed by atoms with van der Waals surface area (Å²) in [5.41, 5.74) is 2.89. The van der Waals surface area contributed by atoms with Crippen LogP contribution in [-0.2, 0) is 4.74 Å². The lowest BCUT2D eigenvalue weighted by molar-refractivity contribution is 0.196. The normalized spacial score (nSPS) is 21.3. The Morgan fingerprint density at radius 2 is 2.25 bits per heavy atom. The van der Waals surface area contributed by atoms with Crippen LogP contribution in [0.3, 0.4) is 0 Å². The van der Waals surface area contributed by atoms with Crippen molar-refractivity contribution in [3.63, 3.8) is 0 Å². The molecule has 110 valence electrons. The van der Waals surface area contributed by atoms with E-state index in [1.54, 1.807) is 7.11 Å². The molecule has 1 unspecified atom stereocenters. The summed E-state index contributed by atoms with van der Waals surface area (Å²) in [7, 11) is 1.77. The summed E-state index contributed by atoms with van der Waals surface area (Å²) in [5.74, 6) is 0.601. The second-order valence-electron chi connectivity index (χ2n) is 5.84. The van der Waals surface area contributed by atoms with Crippen molar-refractivity contribution in [3.8, 4) is 0 Å². The molecule has 1 aromatic rings. The zero-order chi connectivity index (χ0) is 13.9. The number of nitrogens with one attached hydrogen (secondary N) is 1. The van der Waals surface area contributed by atoms with E-state index >= 15 is 0 Å². The SMILES string of the molecule is COCCCN1CC(CNC2CC2)c2c(Br)cccc21. The van der Waals surface area contributed by atoms with Crippen LogP contribution in [0.5, 0.6) is 0 Å². The molecule has 0 radical (unpaired) electrons. The summed E-state index contributed by atoms with van der Waals surface area (Å²) in [6.45, 7) is 4.14. The molecule has 4 heteroatoms. The quantitative estimate of drug-likeness (QED) is 0.773. The van der Waals surface area contributed by atoms with E-state index in [-0.39, 0.29) is 0 Å². The van der Waals surface area contributed by atoms with Gasteiger partial charge in [-0.2, -0.15) is 0 Å². The van der Waals surface area contributed by atoms with Crippen LogP contribution in [0.25, 0.3) is 0 Å². The van der Waals surface area contributed by atoms with Gasteiger partial charge in [-0.1, -0.05) is 22.0 Å². The Morgan fingerprint density at radius 3 is 3.00 bits per heavy atom. The molecule has 1 aromatic carbocycles. The van der Waals surface area contributed by atoms with Gasteiger partial charge in [-0.05, 0) is 37.0 Å². The highest BCUT2D eigenvalue weighted by molar-refractivity contribution is 9.10. The van der Waals surface area contributed by atoms with Crippen LogP contribution in [0.1, 0.15) is 30.7 Å². The van der Waals surface area contributed by atoms with Crippen LogP contribution in [0.4, 0.5) is 5.69 Å². The van der Waals surface area contributed by atoms with Crippen LogP contribution in [-0.4, -0.2) is 39.4 Å². The number of hydrogen-bond acceptors (Lipinski definition) is 3. The number of ether oxygens (including phenoxy) is 1. The Kier molecular flexibility index (Phi) is 4.64. The average Bonchev–Trinajstić information content (AvgIpc) is 3.20. The molecule has 2 aliphatic rings. The summed E-state index contributed by atoms with van der Waals surface area (Å²) in [6, 6.07) is 7.35. The molecule has 1 heterocycles. The smallest absolute Gasteiger partial charge is 0.0479 e. The lowest BCUT2D eigenvalue weighted by Crippen LogP contribution is -2.29. The average molecular weight is 339 g/mol. The number of anilines is 1. The molecule has 0 saturated heterocycles. The molecule has 3 nitrogen and oxygen atoms in total. The minimum absolute atomic E-state index is 0.601. The largest absolute Gasteiger partial charge is 0.385 e. The number of nitrogens with zero attached hydrogens (tertiary/aromatic N) is 1. The first kappa shape index (κ1) is 14.4. The molecule has 0 spiro atoms. The molecule has 1 atom stereocenters. The van der Waals surface area contributed by atoms with Crippen LogP contribution >= 0.6 is 15.9 Å². The first-order valence-electron chi connectivity index (χ1n) is 7.55. The van der Waals surface area contributed by atoms with Gasteiger partial charge in [0.15, 0.2) is 0 Å². The number of fused-ring (bicyclic) bond motifs is 1. The Bertz CT molecular complexity index is 462. The molecule has 1 fully saturated rings. The third kappa shape index (κ3) is 3.18. The van der Waals surface area contributed by atoms with Gasteiger partial charge in [-0.3, -0.25) is 0 Å². The fourth-order valence-electron chi connectivity index (χ4n) is 3.04. The molecular weight excluding hydrogens is 316 g/mol. The highest BCUT2D eigenvalue weighted by Crippen LogP contribution is 2.40. The molecule has 1 saturated carbocycles. The summed E-state index contributed by atoms with van der Waals surface area (Å²) < 4.78 is 6.44. The fourth-order valence-corrected chi connectivity index (χ4v) is 3.72. The topological polar surface area (TPSA) is 24.5 Å². The summed E-state index contributed by atoms with van der Waals surface area (Å²) >= 11 is 3.74. The summed E-state index contributed by atoms with van der Waals surface area (Å²) in [5, 5.41) is 3.68. The third-order valence-corrected chi connectivity index (χ3v) is 4.92. The van der Waals surface area contributed by atoms with E-state index in [1.165, 1.54) is 28.6 Å². The van der Waals surface area contributed by atoms with E-state index in [0.717, 1.165) is 38.7 Å². The first-order chi connectivity index (χ1) is 9.79. The Balaban J connectivity index is 1.70. The fraction of sp³-hybridized carbons (Fsp3) is 0.625. The number of halogens is 1. The van der Waals surface area contributed by atoms with Crippen molar-refractivity contribution in [1.82, 2.24) is 5.32 Å². The second kappa shape index (κ2) is 6.46. The molecule has 1 aliphatic heterocycles. The van der Waals surface area contributed by atoms with Crippen molar-refractivity contribution in [2.45, 2.75) is 31.2 Å². The molecule has 1 N–H and O–H groups in total. The minimum Gasteiger partial charge on any atom is -0.385 e. The number of rotatable bonds is 7. The Morgan fingerprint density at radius 1 is 1.40 bits per heavy atom. The van der Waals surface area contributed by atoms with Crippen molar-refractivity contribution >= 4 is 21.6 Å². The zero-order valence-corrected chi connectivity index (χ0v) is 13.7. The van der Waals surface area contributed by atoms with E-state index in [1.807, 2.05) is 0 Å². The number of benzene rings is 1. The second-order valence-corrected chi connectivity index (χ2v) is 6.70. The maximum absolute atomic E-state index is 5.18. The van der Waals surface area contributed by atoms with E-state index in [2.05, 4.69) is 44.3 Å². The predicted molar refractivity (Wildman–Crippen MR) is 86.6 cm³/mol. The van der Waals surface area contributed by atoms with Crippen molar-refractivity contribution in [3.05, 3.63) is 28.2 Å². The molecule has 0 amide bonds. The maximum atomic E-state index is 5.18. The van der Waals surface area contributed by atoms with Crippen molar-refractivity contribution < 1.29 is 4.74 Å². The predicted octanol–water partition coefficient (Wildman–Crippen LogP) is 3.14. The molecular formula is C16H23BrN2O. The monoisotopic (exact) mass is 338 g/mol. The van der Waals surface area contributed by atoms with Crippen LogP contribution in [0.15, 0.2) is 22.7 Å². The van der Waals surface area contributed by atoms with Gasteiger partial charge in [0.25, 0.3) is 0 Å². The van der Waals surface area contributed by atoms with Crippen LogP contribution < -0.4 is 10.2 Å².